The van der Waals surface area contributed by atoms with Gasteiger partial charge in [-0.3, -0.25) is 4.90 Å². The molecule has 20 heavy (non-hydrogen) atoms. The predicted octanol–water partition coefficient (Wildman–Crippen LogP) is 2.05. The number of hydrogen-bond donors (Lipinski definition) is 1. The first-order valence-electron chi connectivity index (χ1n) is 7.35. The molecule has 1 aromatic rings. The van der Waals surface area contributed by atoms with Crippen LogP contribution in [0.15, 0.2) is 24.3 Å². The van der Waals surface area contributed by atoms with Crippen LogP contribution in [0.1, 0.15) is 24.4 Å². The highest BCUT2D eigenvalue weighted by Crippen LogP contribution is 2.27. The van der Waals surface area contributed by atoms with Gasteiger partial charge in [-0.1, -0.05) is 12.1 Å². The molecule has 4 heteroatoms. The number of rotatable bonds is 6. The Balaban J connectivity index is 1.97. The maximum absolute atomic E-state index is 6.00. The molecule has 1 heterocycles. The maximum Gasteiger partial charge on any atom is 0.118 e. The van der Waals surface area contributed by atoms with E-state index in [1.165, 1.54) is 18.4 Å². The quantitative estimate of drug-likeness (QED) is 0.865. The van der Waals surface area contributed by atoms with Gasteiger partial charge < -0.3 is 15.2 Å². The van der Waals surface area contributed by atoms with Gasteiger partial charge in [-0.05, 0) is 49.5 Å². The molecule has 0 saturated carbocycles. The Kier molecular flexibility index (Phi) is 5.83. The molecule has 0 amide bonds. The summed E-state index contributed by atoms with van der Waals surface area (Å²) in [7, 11) is 3.47. The molecule has 0 radical (unpaired) electrons. The number of methoxy groups -OCH3 is 2. The fourth-order valence-corrected chi connectivity index (χ4v) is 2.99. The molecule has 1 aliphatic heterocycles. The van der Waals surface area contributed by atoms with Crippen LogP contribution in [0.5, 0.6) is 5.75 Å². The summed E-state index contributed by atoms with van der Waals surface area (Å²) < 4.78 is 10.5. The molecule has 0 aliphatic carbocycles. The molecule has 1 fully saturated rings. The number of nitrogens with two attached hydrogens (primary N) is 1. The molecule has 2 rings (SSSR count). The van der Waals surface area contributed by atoms with Gasteiger partial charge in [-0.25, -0.2) is 0 Å². The lowest BCUT2D eigenvalue weighted by molar-refractivity contribution is 0.0810. The van der Waals surface area contributed by atoms with Gasteiger partial charge >= 0.3 is 0 Å². The largest absolute Gasteiger partial charge is 0.497 e. The van der Waals surface area contributed by atoms with Crippen LogP contribution < -0.4 is 10.5 Å². The lowest BCUT2D eigenvalue weighted by atomic mass is 9.95. The number of likely N-dealkylation sites (tertiary alicyclic amines) is 1. The molecule has 112 valence electrons. The van der Waals surface area contributed by atoms with E-state index in [0.717, 1.165) is 25.4 Å². The summed E-state index contributed by atoms with van der Waals surface area (Å²) in [5.74, 6) is 1.59. The summed E-state index contributed by atoms with van der Waals surface area (Å²) in [5, 5.41) is 0. The number of ether oxygens (including phenoxy) is 2. The number of benzene rings is 1. The molecule has 1 aromatic carbocycles. The Labute approximate surface area is 121 Å². The first-order chi connectivity index (χ1) is 9.78. The van der Waals surface area contributed by atoms with Gasteiger partial charge in [0.05, 0.1) is 7.11 Å². The Morgan fingerprint density at radius 3 is 2.35 bits per heavy atom. The molecule has 0 bridgehead atoms. The van der Waals surface area contributed by atoms with E-state index in [2.05, 4.69) is 17.0 Å². The van der Waals surface area contributed by atoms with E-state index in [-0.39, 0.29) is 0 Å². The van der Waals surface area contributed by atoms with E-state index in [0.29, 0.717) is 18.5 Å². The Morgan fingerprint density at radius 2 is 1.85 bits per heavy atom. The van der Waals surface area contributed by atoms with Crippen molar-refractivity contribution in [3.63, 3.8) is 0 Å². The standard InChI is InChI=1S/C16H26N2O2/c1-19-12-13-7-9-18(10-8-13)16(11-17)14-3-5-15(20-2)6-4-14/h3-6,13,16H,7-12,17H2,1-2H3. The first-order valence-corrected chi connectivity index (χ1v) is 7.35. The molecule has 1 atom stereocenters. The molecule has 2 N–H and O–H groups in total. The second kappa shape index (κ2) is 7.62. The van der Waals surface area contributed by atoms with Gasteiger partial charge in [0, 0.05) is 26.3 Å². The van der Waals surface area contributed by atoms with Crippen molar-refractivity contribution in [3.8, 4) is 5.75 Å². The lowest BCUT2D eigenvalue weighted by Crippen LogP contribution is -2.40. The van der Waals surface area contributed by atoms with Crippen LogP contribution in [0, 0.1) is 5.92 Å². The summed E-state index contributed by atoms with van der Waals surface area (Å²) in [6, 6.07) is 8.57. The van der Waals surface area contributed by atoms with E-state index >= 15 is 0 Å². The van der Waals surface area contributed by atoms with Crippen LogP contribution in [0.3, 0.4) is 0 Å². The van der Waals surface area contributed by atoms with E-state index in [1.54, 1.807) is 14.2 Å². The average Bonchev–Trinajstić information content (AvgIpc) is 2.51. The summed E-state index contributed by atoms with van der Waals surface area (Å²) >= 11 is 0. The van der Waals surface area contributed by atoms with Gasteiger partial charge in [-0.2, -0.15) is 0 Å². The molecule has 0 spiro atoms. The summed E-state index contributed by atoms with van der Waals surface area (Å²) in [4.78, 5) is 2.49. The summed E-state index contributed by atoms with van der Waals surface area (Å²) in [6.45, 7) is 3.73. The first kappa shape index (κ1) is 15.3. The highest BCUT2D eigenvalue weighted by Gasteiger charge is 2.25. The normalized spacial score (nSPS) is 18.9. The number of nitrogens with zero attached hydrogens (tertiary/aromatic N) is 1. The predicted molar refractivity (Wildman–Crippen MR) is 81.0 cm³/mol. The lowest BCUT2D eigenvalue weighted by Gasteiger charge is -2.37. The minimum absolute atomic E-state index is 0.310. The van der Waals surface area contributed by atoms with Crippen molar-refractivity contribution in [2.45, 2.75) is 18.9 Å². The Hall–Kier alpha value is -1.10. The topological polar surface area (TPSA) is 47.7 Å². The van der Waals surface area contributed by atoms with Crippen molar-refractivity contribution in [2.24, 2.45) is 11.7 Å². The van der Waals surface area contributed by atoms with Gasteiger partial charge in [0.1, 0.15) is 5.75 Å². The van der Waals surface area contributed by atoms with Crippen LogP contribution in [-0.2, 0) is 4.74 Å². The van der Waals surface area contributed by atoms with Gasteiger partial charge in [0.2, 0.25) is 0 Å². The molecule has 0 aromatic heterocycles. The third-order valence-corrected chi connectivity index (χ3v) is 4.22. The molecule has 1 aliphatic rings. The van der Waals surface area contributed by atoms with E-state index in [9.17, 15) is 0 Å². The molecular weight excluding hydrogens is 252 g/mol. The monoisotopic (exact) mass is 278 g/mol. The van der Waals surface area contributed by atoms with Crippen molar-refractivity contribution < 1.29 is 9.47 Å². The summed E-state index contributed by atoms with van der Waals surface area (Å²) in [6.07, 6.45) is 2.39. The fraction of sp³-hybridized carbons (Fsp3) is 0.625. The van der Waals surface area contributed by atoms with Crippen LogP contribution in [-0.4, -0.2) is 45.4 Å². The minimum Gasteiger partial charge on any atom is -0.497 e. The average molecular weight is 278 g/mol. The van der Waals surface area contributed by atoms with E-state index in [1.807, 2.05) is 12.1 Å². The van der Waals surface area contributed by atoms with Crippen molar-refractivity contribution in [3.05, 3.63) is 29.8 Å². The van der Waals surface area contributed by atoms with Crippen molar-refractivity contribution in [1.82, 2.24) is 4.90 Å². The van der Waals surface area contributed by atoms with Crippen LogP contribution in [0.25, 0.3) is 0 Å². The van der Waals surface area contributed by atoms with Gasteiger partial charge in [0.15, 0.2) is 0 Å². The highest BCUT2D eigenvalue weighted by molar-refractivity contribution is 5.29. The van der Waals surface area contributed by atoms with Gasteiger partial charge in [0.25, 0.3) is 0 Å². The second-order valence-electron chi connectivity index (χ2n) is 5.46. The SMILES string of the molecule is COCC1CCN(C(CN)c2ccc(OC)cc2)CC1. The Morgan fingerprint density at radius 1 is 1.20 bits per heavy atom. The molecular formula is C16H26N2O2. The molecule has 1 unspecified atom stereocenters. The van der Waals surface area contributed by atoms with Crippen LogP contribution in [0.4, 0.5) is 0 Å². The third kappa shape index (κ3) is 3.72. The smallest absolute Gasteiger partial charge is 0.118 e. The zero-order chi connectivity index (χ0) is 14.4. The van der Waals surface area contributed by atoms with Crippen LogP contribution >= 0.6 is 0 Å². The van der Waals surface area contributed by atoms with Crippen molar-refractivity contribution in [2.75, 3.05) is 40.5 Å². The van der Waals surface area contributed by atoms with Crippen LogP contribution in [0.2, 0.25) is 0 Å². The zero-order valence-electron chi connectivity index (χ0n) is 12.5. The van der Waals surface area contributed by atoms with E-state index in [4.69, 9.17) is 15.2 Å². The summed E-state index contributed by atoms with van der Waals surface area (Å²) in [5.41, 5.74) is 7.28. The third-order valence-electron chi connectivity index (χ3n) is 4.22. The van der Waals surface area contributed by atoms with Gasteiger partial charge in [-0.15, -0.1) is 0 Å². The highest BCUT2D eigenvalue weighted by atomic mass is 16.5. The number of piperidine rings is 1. The van der Waals surface area contributed by atoms with E-state index < -0.39 is 0 Å². The minimum atomic E-state index is 0.310. The van der Waals surface area contributed by atoms with Crippen molar-refractivity contribution >= 4 is 0 Å². The second-order valence-corrected chi connectivity index (χ2v) is 5.46. The Bertz CT molecular complexity index is 386. The zero-order valence-corrected chi connectivity index (χ0v) is 12.5. The molecule has 4 nitrogen and oxygen atoms in total. The fourth-order valence-electron chi connectivity index (χ4n) is 2.99. The van der Waals surface area contributed by atoms with Crippen molar-refractivity contribution in [1.29, 1.82) is 0 Å². The molecule has 1 saturated heterocycles. The maximum atomic E-state index is 6.00. The number of hydrogen-bond acceptors (Lipinski definition) is 4.